The minimum absolute atomic E-state index is 0.0613. The number of rotatable bonds is 18. The normalized spacial score (nSPS) is 17.5. The number of carbonyl (C=O) groups excluding carboxylic acids is 3. The van der Waals surface area contributed by atoms with Gasteiger partial charge in [0, 0.05) is 12.7 Å². The van der Waals surface area contributed by atoms with Gasteiger partial charge in [-0.05, 0) is 41.7 Å². The fourth-order valence-corrected chi connectivity index (χ4v) is 8.46. The Balaban J connectivity index is 1.58. The fraction of sp³-hybridized carbons (Fsp3) is 0.583. The molecule has 3 rings (SSSR count). The molecule has 0 spiro atoms. The molecule has 0 aliphatic heterocycles. The zero-order valence-corrected chi connectivity index (χ0v) is 29.3. The van der Waals surface area contributed by atoms with Crippen LogP contribution in [0.3, 0.4) is 0 Å². The number of hydrogen-bond donors (Lipinski definition) is 4. The van der Waals surface area contributed by atoms with E-state index in [0.717, 1.165) is 36.8 Å². The first-order valence-corrected chi connectivity index (χ1v) is 19.0. The highest BCUT2D eigenvalue weighted by Gasteiger charge is 2.34. The molecular weight excluding hydrogens is 617 g/mol. The van der Waals surface area contributed by atoms with Crippen molar-refractivity contribution in [3.8, 4) is 0 Å². The van der Waals surface area contributed by atoms with E-state index in [2.05, 4.69) is 16.0 Å². The minimum Gasteiger partial charge on any atom is -0.445 e. The molecule has 1 saturated carbocycles. The SMILES string of the molecule is CCC(C)[C@H](NC(=O)OCc1ccccc1)C(=O)N[C@H](C(=O)NC[C@@H](O)CP(=O)(CC1CCCCC1)OCc1ccccc1)C(C)C. The lowest BCUT2D eigenvalue weighted by Crippen LogP contribution is -2.57. The van der Waals surface area contributed by atoms with E-state index in [0.29, 0.717) is 12.6 Å². The number of carbonyl (C=O) groups is 3. The second kappa shape index (κ2) is 19.6. The van der Waals surface area contributed by atoms with Crippen molar-refractivity contribution >= 4 is 25.3 Å². The van der Waals surface area contributed by atoms with Crippen LogP contribution >= 0.6 is 7.37 Å². The van der Waals surface area contributed by atoms with Crippen molar-refractivity contribution in [3.05, 3.63) is 71.8 Å². The van der Waals surface area contributed by atoms with Crippen molar-refractivity contribution in [2.45, 2.75) is 97.6 Å². The molecule has 2 aromatic rings. The second-order valence-electron chi connectivity index (χ2n) is 13.1. The van der Waals surface area contributed by atoms with Crippen molar-refractivity contribution in [1.29, 1.82) is 0 Å². The highest BCUT2D eigenvalue weighted by molar-refractivity contribution is 7.59. The van der Waals surface area contributed by atoms with Gasteiger partial charge < -0.3 is 30.3 Å². The monoisotopic (exact) mass is 671 g/mol. The van der Waals surface area contributed by atoms with Gasteiger partial charge in [0.25, 0.3) is 0 Å². The molecule has 5 atom stereocenters. The zero-order chi connectivity index (χ0) is 34.2. The van der Waals surface area contributed by atoms with E-state index in [9.17, 15) is 24.1 Å². The molecule has 0 radical (unpaired) electrons. The molecule has 4 N–H and O–H groups in total. The van der Waals surface area contributed by atoms with Gasteiger partial charge in [0.15, 0.2) is 0 Å². The Labute approximate surface area is 280 Å². The first-order chi connectivity index (χ1) is 22.5. The summed E-state index contributed by atoms with van der Waals surface area (Å²) in [6.45, 7) is 7.47. The number of hydrogen-bond acceptors (Lipinski definition) is 7. The molecule has 1 aliphatic carbocycles. The molecule has 0 aromatic heterocycles. The van der Waals surface area contributed by atoms with Crippen molar-refractivity contribution in [1.82, 2.24) is 16.0 Å². The molecule has 1 aliphatic rings. The maximum Gasteiger partial charge on any atom is 0.408 e. The molecule has 0 heterocycles. The van der Waals surface area contributed by atoms with E-state index in [1.165, 1.54) is 6.42 Å². The number of alkyl carbamates (subject to hydrolysis) is 1. The number of benzene rings is 2. The summed E-state index contributed by atoms with van der Waals surface area (Å²) >= 11 is 0. The lowest BCUT2D eigenvalue weighted by molar-refractivity contribution is -0.131. The number of ether oxygens (including phenoxy) is 1. The molecule has 47 heavy (non-hydrogen) atoms. The zero-order valence-electron chi connectivity index (χ0n) is 28.4. The Morgan fingerprint density at radius 1 is 0.851 bits per heavy atom. The Bertz CT molecular complexity index is 1290. The first kappa shape index (κ1) is 38.2. The van der Waals surface area contributed by atoms with Crippen LogP contribution in [0.5, 0.6) is 0 Å². The standard InChI is InChI=1S/C36H54N3O7P/c1-5-27(4)33(39-36(43)45-22-28-15-9-6-10-16-28)35(42)38-32(26(2)3)34(41)37-21-31(40)25-47(44,24-30-19-13-8-14-20-30)46-23-29-17-11-7-12-18-29/h6-7,9-12,15-18,26-27,30-33,40H,5,8,13-14,19-25H2,1-4H3,(H,37,41)(H,38,42)(H,39,43)/t27?,31-,32+,33+,47?/m1/s1. The summed E-state index contributed by atoms with van der Waals surface area (Å²) in [7, 11) is -3.22. The topological polar surface area (TPSA) is 143 Å². The summed E-state index contributed by atoms with van der Waals surface area (Å²) in [5.74, 6) is -1.21. The Kier molecular flexibility index (Phi) is 15.9. The first-order valence-electron chi connectivity index (χ1n) is 17.0. The van der Waals surface area contributed by atoms with Crippen LogP contribution in [0, 0.1) is 17.8 Å². The van der Waals surface area contributed by atoms with Crippen LogP contribution in [0.1, 0.15) is 77.3 Å². The van der Waals surface area contributed by atoms with Crippen LogP contribution in [-0.4, -0.2) is 60.1 Å². The van der Waals surface area contributed by atoms with E-state index in [4.69, 9.17) is 9.26 Å². The number of nitrogens with one attached hydrogen (secondary N) is 3. The van der Waals surface area contributed by atoms with E-state index in [1.54, 1.807) is 13.8 Å². The third-order valence-electron chi connectivity index (χ3n) is 8.80. The Hall–Kier alpha value is -3.20. The van der Waals surface area contributed by atoms with E-state index < -0.39 is 43.5 Å². The second-order valence-corrected chi connectivity index (χ2v) is 15.8. The van der Waals surface area contributed by atoms with Crippen LogP contribution < -0.4 is 16.0 Å². The molecule has 260 valence electrons. The summed E-state index contributed by atoms with van der Waals surface area (Å²) in [5.41, 5.74) is 1.73. The van der Waals surface area contributed by atoms with Crippen molar-refractivity contribution < 1.29 is 33.3 Å². The van der Waals surface area contributed by atoms with Crippen LogP contribution in [0.2, 0.25) is 0 Å². The average molecular weight is 672 g/mol. The number of aliphatic hydroxyl groups is 1. The smallest absolute Gasteiger partial charge is 0.408 e. The predicted octanol–water partition coefficient (Wildman–Crippen LogP) is 6.02. The lowest BCUT2D eigenvalue weighted by atomic mass is 9.91. The van der Waals surface area contributed by atoms with Crippen molar-refractivity contribution in [3.63, 3.8) is 0 Å². The molecule has 10 nitrogen and oxygen atoms in total. The van der Waals surface area contributed by atoms with Gasteiger partial charge >= 0.3 is 6.09 Å². The molecule has 0 bridgehead atoms. The van der Waals surface area contributed by atoms with E-state index >= 15 is 0 Å². The molecular formula is C36H54N3O7P. The van der Waals surface area contributed by atoms with E-state index in [-0.39, 0.29) is 43.7 Å². The van der Waals surface area contributed by atoms with Gasteiger partial charge in [-0.25, -0.2) is 4.79 Å². The maximum absolute atomic E-state index is 14.1. The molecule has 2 aromatic carbocycles. The summed E-state index contributed by atoms with van der Waals surface area (Å²) in [6, 6.07) is 16.9. The fourth-order valence-electron chi connectivity index (χ4n) is 5.80. The summed E-state index contributed by atoms with van der Waals surface area (Å²) < 4.78 is 25.5. The largest absolute Gasteiger partial charge is 0.445 e. The quantitative estimate of drug-likeness (QED) is 0.142. The van der Waals surface area contributed by atoms with Crippen LogP contribution in [0.4, 0.5) is 4.79 Å². The molecule has 11 heteroatoms. The molecule has 0 saturated heterocycles. The summed E-state index contributed by atoms with van der Waals surface area (Å²) in [5, 5.41) is 19.2. The van der Waals surface area contributed by atoms with Gasteiger partial charge in [-0.1, -0.05) is 114 Å². The third kappa shape index (κ3) is 13.4. The minimum atomic E-state index is -3.22. The van der Waals surface area contributed by atoms with Gasteiger partial charge in [0.05, 0.1) is 18.9 Å². The summed E-state index contributed by atoms with van der Waals surface area (Å²) in [4.78, 5) is 39.3. The Morgan fingerprint density at radius 3 is 2.02 bits per heavy atom. The number of amides is 3. The Morgan fingerprint density at radius 2 is 1.45 bits per heavy atom. The van der Waals surface area contributed by atoms with Crippen LogP contribution in [0.25, 0.3) is 0 Å². The third-order valence-corrected chi connectivity index (χ3v) is 11.4. The highest BCUT2D eigenvalue weighted by atomic mass is 31.2. The molecule has 2 unspecified atom stereocenters. The molecule has 1 fully saturated rings. The van der Waals surface area contributed by atoms with Crippen molar-refractivity contribution in [2.24, 2.45) is 17.8 Å². The van der Waals surface area contributed by atoms with Gasteiger partial charge in [-0.3, -0.25) is 14.2 Å². The van der Waals surface area contributed by atoms with Crippen LogP contribution in [0.15, 0.2) is 60.7 Å². The van der Waals surface area contributed by atoms with Gasteiger partial charge in [0.1, 0.15) is 18.7 Å². The van der Waals surface area contributed by atoms with Gasteiger partial charge in [-0.2, -0.15) is 0 Å². The highest BCUT2D eigenvalue weighted by Crippen LogP contribution is 2.51. The van der Waals surface area contributed by atoms with Crippen molar-refractivity contribution in [2.75, 3.05) is 18.9 Å². The predicted molar refractivity (Wildman–Crippen MR) is 184 cm³/mol. The summed E-state index contributed by atoms with van der Waals surface area (Å²) in [6.07, 6.45) is 4.51. The van der Waals surface area contributed by atoms with Crippen LogP contribution in [-0.2, 0) is 36.6 Å². The number of aliphatic hydroxyl groups excluding tert-OH is 1. The maximum atomic E-state index is 14.1. The van der Waals surface area contributed by atoms with E-state index in [1.807, 2.05) is 74.5 Å². The molecule has 3 amide bonds. The van der Waals surface area contributed by atoms with Gasteiger partial charge in [0.2, 0.25) is 19.2 Å². The lowest BCUT2D eigenvalue weighted by Gasteiger charge is -2.29. The van der Waals surface area contributed by atoms with Gasteiger partial charge in [-0.15, -0.1) is 0 Å². The average Bonchev–Trinajstić information content (AvgIpc) is 3.07.